The monoisotopic (exact) mass is 458 g/mol. The Labute approximate surface area is 164 Å². The zero-order valence-corrected chi connectivity index (χ0v) is 16.6. The lowest BCUT2D eigenvalue weighted by Gasteiger charge is -2.13. The number of nitrogens with one attached hydrogen (secondary N) is 1. The highest BCUT2D eigenvalue weighted by Crippen LogP contribution is 2.26. The number of nitrogens with zero attached hydrogens (tertiary/aromatic N) is 1. The van der Waals surface area contributed by atoms with Gasteiger partial charge in [0.05, 0.1) is 9.92 Å². The predicted octanol–water partition coefficient (Wildman–Crippen LogP) is 2.56. The Morgan fingerprint density at radius 3 is 2.46 bits per heavy atom. The van der Waals surface area contributed by atoms with E-state index in [1.165, 1.54) is 18.3 Å². The zero-order chi connectivity index (χ0) is 21.2. The summed E-state index contributed by atoms with van der Waals surface area (Å²) in [6.07, 6.45) is -2.50. The van der Waals surface area contributed by atoms with E-state index in [0.717, 1.165) is 24.5 Å². The maximum absolute atomic E-state index is 12.5. The summed E-state index contributed by atoms with van der Waals surface area (Å²) in [7, 11) is -7.97. The summed E-state index contributed by atoms with van der Waals surface area (Å²) in [5.41, 5.74) is 0.0470. The van der Waals surface area contributed by atoms with Gasteiger partial charge in [0.2, 0.25) is 15.9 Å². The second-order valence-electron chi connectivity index (χ2n) is 5.56. The van der Waals surface area contributed by atoms with Crippen molar-refractivity contribution in [3.63, 3.8) is 0 Å². The predicted molar refractivity (Wildman–Crippen MR) is 94.4 cm³/mol. The van der Waals surface area contributed by atoms with E-state index in [0.29, 0.717) is 0 Å². The largest absolute Gasteiger partial charge is 0.468 e. The fourth-order valence-electron chi connectivity index (χ4n) is 2.01. The molecule has 7 nitrogen and oxygen atoms in total. The third-order valence-corrected chi connectivity index (χ3v) is 6.29. The smallest absolute Gasteiger partial charge is 0.422 e. The number of halogens is 4. The van der Waals surface area contributed by atoms with E-state index >= 15 is 0 Å². The van der Waals surface area contributed by atoms with Crippen molar-refractivity contribution in [1.29, 1.82) is 0 Å². The van der Waals surface area contributed by atoms with Crippen LogP contribution in [0.2, 0.25) is 5.02 Å². The van der Waals surface area contributed by atoms with E-state index in [1.54, 1.807) is 0 Å². The summed E-state index contributed by atoms with van der Waals surface area (Å²) >= 11 is 5.87. The molecule has 13 heteroatoms. The minimum absolute atomic E-state index is 0.0470. The van der Waals surface area contributed by atoms with Gasteiger partial charge in [0.15, 0.2) is 16.4 Å². The Balaban J connectivity index is 2.26. The van der Waals surface area contributed by atoms with E-state index in [4.69, 9.17) is 11.6 Å². The summed E-state index contributed by atoms with van der Waals surface area (Å²) in [4.78, 5) is 2.91. The molecule has 0 saturated carbocycles. The molecular formula is C15H14ClF3N2O5S2. The molecule has 0 unspecified atom stereocenters. The molecule has 0 atom stereocenters. The first-order valence-electron chi connectivity index (χ1n) is 7.42. The standard InChI is InChI=1S/C15H14ClF3N2O5S2/c1-27(22,23)11-4-5-12(16)13(7-11)28(24,25)21-8-10-3-2-6-20-14(10)26-9-15(17,18)19/h2-7,21H,8-9H2,1H3. The van der Waals surface area contributed by atoms with Gasteiger partial charge in [0, 0.05) is 24.6 Å². The number of hydrogen-bond acceptors (Lipinski definition) is 6. The molecule has 0 aliphatic heterocycles. The van der Waals surface area contributed by atoms with E-state index < -0.39 is 50.0 Å². The van der Waals surface area contributed by atoms with Gasteiger partial charge in [-0.15, -0.1) is 0 Å². The molecule has 2 rings (SSSR count). The quantitative estimate of drug-likeness (QED) is 0.684. The van der Waals surface area contributed by atoms with Crippen LogP contribution in [0.3, 0.4) is 0 Å². The Hall–Kier alpha value is -1.89. The van der Waals surface area contributed by atoms with Gasteiger partial charge in [-0.2, -0.15) is 13.2 Å². The Morgan fingerprint density at radius 2 is 1.86 bits per heavy atom. The van der Waals surface area contributed by atoms with Crippen molar-refractivity contribution in [1.82, 2.24) is 9.71 Å². The average molecular weight is 459 g/mol. The lowest BCUT2D eigenvalue weighted by molar-refractivity contribution is -0.154. The SMILES string of the molecule is CS(=O)(=O)c1ccc(Cl)c(S(=O)(=O)NCc2cccnc2OCC(F)(F)F)c1. The summed E-state index contributed by atoms with van der Waals surface area (Å²) in [6, 6.07) is 5.89. The zero-order valence-electron chi connectivity index (χ0n) is 14.2. The molecular weight excluding hydrogens is 445 g/mol. The molecule has 0 radical (unpaired) electrons. The van der Waals surface area contributed by atoms with Crippen molar-refractivity contribution < 1.29 is 34.7 Å². The van der Waals surface area contributed by atoms with Crippen LogP contribution >= 0.6 is 11.6 Å². The number of pyridine rings is 1. The van der Waals surface area contributed by atoms with Gasteiger partial charge in [0.25, 0.3) is 0 Å². The van der Waals surface area contributed by atoms with Gasteiger partial charge >= 0.3 is 6.18 Å². The van der Waals surface area contributed by atoms with E-state index in [-0.39, 0.29) is 15.5 Å². The molecule has 1 aromatic heterocycles. The highest BCUT2D eigenvalue weighted by molar-refractivity contribution is 7.91. The minimum atomic E-state index is -4.59. The maximum atomic E-state index is 12.5. The van der Waals surface area contributed by atoms with Crippen molar-refractivity contribution in [2.75, 3.05) is 12.9 Å². The van der Waals surface area contributed by atoms with Gasteiger partial charge in [0.1, 0.15) is 4.90 Å². The van der Waals surface area contributed by atoms with Crippen molar-refractivity contribution in [2.24, 2.45) is 0 Å². The molecule has 0 bridgehead atoms. The molecule has 0 aliphatic rings. The van der Waals surface area contributed by atoms with E-state index in [9.17, 15) is 30.0 Å². The number of hydrogen-bond donors (Lipinski definition) is 1. The van der Waals surface area contributed by atoms with Gasteiger partial charge < -0.3 is 4.74 Å². The minimum Gasteiger partial charge on any atom is -0.468 e. The summed E-state index contributed by atoms with van der Waals surface area (Å²) in [5, 5.41) is -0.223. The van der Waals surface area contributed by atoms with Crippen LogP contribution in [0.25, 0.3) is 0 Å². The summed E-state index contributed by atoms with van der Waals surface area (Å²) in [5.74, 6) is -0.390. The van der Waals surface area contributed by atoms with Crippen LogP contribution < -0.4 is 9.46 Å². The second kappa shape index (κ2) is 8.23. The number of sulfonamides is 1. The van der Waals surface area contributed by atoms with Crippen LogP contribution in [0.1, 0.15) is 5.56 Å². The lowest BCUT2D eigenvalue weighted by atomic mass is 10.3. The normalized spacial score (nSPS) is 12.8. The molecule has 1 N–H and O–H groups in total. The fourth-order valence-corrected chi connectivity index (χ4v) is 4.26. The second-order valence-corrected chi connectivity index (χ2v) is 9.72. The van der Waals surface area contributed by atoms with Crippen molar-refractivity contribution in [3.05, 3.63) is 47.1 Å². The summed E-state index contributed by atoms with van der Waals surface area (Å²) < 4.78 is 91.9. The molecule has 0 saturated heterocycles. The van der Waals surface area contributed by atoms with Crippen LogP contribution in [0.4, 0.5) is 13.2 Å². The fraction of sp³-hybridized carbons (Fsp3) is 0.267. The lowest BCUT2D eigenvalue weighted by Crippen LogP contribution is -2.25. The van der Waals surface area contributed by atoms with Gasteiger partial charge in [-0.3, -0.25) is 0 Å². The number of sulfone groups is 1. The molecule has 1 aromatic carbocycles. The van der Waals surface area contributed by atoms with Gasteiger partial charge in [-0.25, -0.2) is 26.5 Å². The Morgan fingerprint density at radius 1 is 1.18 bits per heavy atom. The van der Waals surface area contributed by atoms with Crippen LogP contribution in [-0.2, 0) is 26.4 Å². The number of rotatable bonds is 7. The summed E-state index contributed by atoms with van der Waals surface area (Å²) in [6.45, 7) is -2.05. The highest BCUT2D eigenvalue weighted by atomic mass is 35.5. The highest BCUT2D eigenvalue weighted by Gasteiger charge is 2.29. The molecule has 28 heavy (non-hydrogen) atoms. The molecule has 0 aliphatic carbocycles. The van der Waals surface area contributed by atoms with Crippen LogP contribution in [0.5, 0.6) is 5.88 Å². The molecule has 154 valence electrons. The van der Waals surface area contributed by atoms with Gasteiger partial charge in [-0.1, -0.05) is 17.7 Å². The van der Waals surface area contributed by atoms with Crippen molar-refractivity contribution in [2.45, 2.75) is 22.5 Å². The van der Waals surface area contributed by atoms with Crippen LogP contribution in [0, 0.1) is 0 Å². The molecule has 0 fully saturated rings. The maximum Gasteiger partial charge on any atom is 0.422 e. The molecule has 0 spiro atoms. The van der Waals surface area contributed by atoms with Crippen molar-refractivity contribution >= 4 is 31.5 Å². The van der Waals surface area contributed by atoms with E-state index in [2.05, 4.69) is 14.4 Å². The van der Waals surface area contributed by atoms with E-state index in [1.807, 2.05) is 0 Å². The topological polar surface area (TPSA) is 102 Å². The molecule has 0 amide bonds. The Kier molecular flexibility index (Phi) is 6.58. The molecule has 1 heterocycles. The number of aromatic nitrogens is 1. The molecule has 2 aromatic rings. The third kappa shape index (κ3) is 6.06. The van der Waals surface area contributed by atoms with Crippen molar-refractivity contribution in [3.8, 4) is 5.88 Å². The average Bonchev–Trinajstić information content (AvgIpc) is 2.57. The number of ether oxygens (including phenoxy) is 1. The van der Waals surface area contributed by atoms with Crippen LogP contribution in [-0.4, -0.2) is 40.9 Å². The first-order valence-corrected chi connectivity index (χ1v) is 11.2. The first-order chi connectivity index (χ1) is 12.8. The number of benzene rings is 1. The third-order valence-electron chi connectivity index (χ3n) is 3.30. The van der Waals surface area contributed by atoms with Gasteiger partial charge in [-0.05, 0) is 24.3 Å². The van der Waals surface area contributed by atoms with Crippen LogP contribution in [0.15, 0.2) is 46.3 Å². The first kappa shape index (κ1) is 22.4. The number of alkyl halides is 3. The Bertz CT molecular complexity index is 1070.